The molecule has 1 aromatic carbocycles. The van der Waals surface area contributed by atoms with Gasteiger partial charge >= 0.3 is 0 Å². The highest BCUT2D eigenvalue weighted by Gasteiger charge is 2.01. The molecule has 19 heavy (non-hydrogen) atoms. The summed E-state index contributed by atoms with van der Waals surface area (Å²) in [4.78, 5) is 0. The van der Waals surface area contributed by atoms with E-state index in [2.05, 4.69) is 54.2 Å². The van der Waals surface area contributed by atoms with E-state index in [-0.39, 0.29) is 0 Å². The molecule has 0 fully saturated rings. The number of nitrogens with zero attached hydrogens (tertiary/aromatic N) is 1. The summed E-state index contributed by atoms with van der Waals surface area (Å²) < 4.78 is 2.35. The maximum absolute atomic E-state index is 3.54. The molecule has 0 spiro atoms. The van der Waals surface area contributed by atoms with E-state index in [0.29, 0.717) is 0 Å². The van der Waals surface area contributed by atoms with E-state index in [1.54, 1.807) is 0 Å². The lowest BCUT2D eigenvalue weighted by Gasteiger charge is -2.07. The van der Waals surface area contributed by atoms with Crippen molar-refractivity contribution in [2.75, 3.05) is 13.1 Å². The van der Waals surface area contributed by atoms with Crippen molar-refractivity contribution in [3.05, 3.63) is 36.0 Å². The molecule has 0 atom stereocenters. The number of hydrogen-bond donors (Lipinski definition) is 1. The van der Waals surface area contributed by atoms with Crippen LogP contribution in [-0.2, 0) is 6.54 Å². The van der Waals surface area contributed by atoms with Crippen LogP contribution in [0.5, 0.6) is 0 Å². The van der Waals surface area contributed by atoms with Crippen LogP contribution < -0.4 is 5.32 Å². The number of rotatable bonds is 8. The molecule has 2 heteroatoms. The summed E-state index contributed by atoms with van der Waals surface area (Å²) in [5.41, 5.74) is 2.72. The molecule has 0 saturated heterocycles. The predicted octanol–water partition coefficient (Wildman–Crippen LogP) is 4.12. The molecule has 0 aliphatic heterocycles. The van der Waals surface area contributed by atoms with Crippen molar-refractivity contribution in [1.29, 1.82) is 0 Å². The quantitative estimate of drug-likeness (QED) is 0.705. The van der Waals surface area contributed by atoms with Gasteiger partial charge in [-0.05, 0) is 37.6 Å². The third-order valence-electron chi connectivity index (χ3n) is 3.77. The Balaban J connectivity index is 1.77. The standard InChI is InChI=1S/C17H26N2/c1-3-4-5-6-11-18-12-14-19-13-10-16-15(2)8-7-9-17(16)19/h7-10,13,18H,3-6,11-12,14H2,1-2H3. The summed E-state index contributed by atoms with van der Waals surface area (Å²) in [6, 6.07) is 8.76. The minimum absolute atomic E-state index is 1.06. The second-order valence-corrected chi connectivity index (χ2v) is 5.33. The fraction of sp³-hybridized carbons (Fsp3) is 0.529. The Labute approximate surface area is 116 Å². The third kappa shape index (κ3) is 3.84. The van der Waals surface area contributed by atoms with Crippen LogP contribution in [0.2, 0.25) is 0 Å². The van der Waals surface area contributed by atoms with Crippen molar-refractivity contribution in [2.24, 2.45) is 0 Å². The fourth-order valence-electron chi connectivity index (χ4n) is 2.57. The number of unbranched alkanes of at least 4 members (excludes halogenated alkanes) is 3. The van der Waals surface area contributed by atoms with Gasteiger partial charge in [0, 0.05) is 30.2 Å². The number of fused-ring (bicyclic) bond motifs is 1. The van der Waals surface area contributed by atoms with Gasteiger partial charge in [0.05, 0.1) is 0 Å². The largest absolute Gasteiger partial charge is 0.346 e. The van der Waals surface area contributed by atoms with E-state index in [9.17, 15) is 0 Å². The number of aryl methyl sites for hydroxylation is 1. The van der Waals surface area contributed by atoms with E-state index >= 15 is 0 Å². The summed E-state index contributed by atoms with van der Waals surface area (Å²) in [6.45, 7) is 7.70. The van der Waals surface area contributed by atoms with Gasteiger partial charge in [0.15, 0.2) is 0 Å². The Hall–Kier alpha value is -1.28. The average molecular weight is 258 g/mol. The SMILES string of the molecule is CCCCCCNCCn1ccc2c(C)cccc21. The van der Waals surface area contributed by atoms with Crippen LogP contribution in [0.4, 0.5) is 0 Å². The first-order valence-corrected chi connectivity index (χ1v) is 7.58. The fourth-order valence-corrected chi connectivity index (χ4v) is 2.57. The third-order valence-corrected chi connectivity index (χ3v) is 3.77. The van der Waals surface area contributed by atoms with Gasteiger partial charge in [-0.15, -0.1) is 0 Å². The zero-order valence-electron chi connectivity index (χ0n) is 12.3. The van der Waals surface area contributed by atoms with Crippen LogP contribution in [0.1, 0.15) is 38.2 Å². The summed E-state index contributed by atoms with van der Waals surface area (Å²) in [7, 11) is 0. The van der Waals surface area contributed by atoms with Crippen LogP contribution in [0.3, 0.4) is 0 Å². The zero-order chi connectivity index (χ0) is 13.5. The molecule has 1 aromatic heterocycles. The maximum atomic E-state index is 3.54. The summed E-state index contributed by atoms with van der Waals surface area (Å²) in [6.07, 6.45) is 7.54. The van der Waals surface area contributed by atoms with Gasteiger partial charge in [-0.2, -0.15) is 0 Å². The lowest BCUT2D eigenvalue weighted by atomic mass is 10.1. The first kappa shape index (κ1) is 14.1. The number of aromatic nitrogens is 1. The van der Waals surface area contributed by atoms with Crippen molar-refractivity contribution in [1.82, 2.24) is 9.88 Å². The highest BCUT2D eigenvalue weighted by atomic mass is 15.0. The Morgan fingerprint density at radius 2 is 1.95 bits per heavy atom. The van der Waals surface area contributed by atoms with Gasteiger partial charge in [-0.3, -0.25) is 0 Å². The monoisotopic (exact) mass is 258 g/mol. The maximum Gasteiger partial charge on any atom is 0.0483 e. The van der Waals surface area contributed by atoms with Crippen molar-refractivity contribution < 1.29 is 0 Å². The second-order valence-electron chi connectivity index (χ2n) is 5.33. The molecule has 2 aromatic rings. The van der Waals surface area contributed by atoms with Crippen molar-refractivity contribution >= 4 is 10.9 Å². The normalized spacial score (nSPS) is 11.3. The summed E-state index contributed by atoms with van der Waals surface area (Å²) in [5.74, 6) is 0. The molecule has 0 unspecified atom stereocenters. The minimum atomic E-state index is 1.06. The van der Waals surface area contributed by atoms with E-state index in [4.69, 9.17) is 0 Å². The topological polar surface area (TPSA) is 17.0 Å². The van der Waals surface area contributed by atoms with E-state index < -0.39 is 0 Å². The van der Waals surface area contributed by atoms with Crippen molar-refractivity contribution in [2.45, 2.75) is 46.1 Å². The van der Waals surface area contributed by atoms with Crippen molar-refractivity contribution in [3.63, 3.8) is 0 Å². The number of benzene rings is 1. The molecule has 1 heterocycles. The van der Waals surface area contributed by atoms with Gasteiger partial charge in [0.2, 0.25) is 0 Å². The molecule has 0 amide bonds. The highest BCUT2D eigenvalue weighted by Crippen LogP contribution is 2.19. The Morgan fingerprint density at radius 1 is 1.05 bits per heavy atom. The minimum Gasteiger partial charge on any atom is -0.346 e. The summed E-state index contributed by atoms with van der Waals surface area (Å²) in [5, 5.41) is 4.92. The van der Waals surface area contributed by atoms with Crippen LogP contribution >= 0.6 is 0 Å². The van der Waals surface area contributed by atoms with Crippen molar-refractivity contribution in [3.8, 4) is 0 Å². The highest BCUT2D eigenvalue weighted by molar-refractivity contribution is 5.83. The molecular weight excluding hydrogens is 232 g/mol. The molecular formula is C17H26N2. The van der Waals surface area contributed by atoms with Crippen LogP contribution in [0.25, 0.3) is 10.9 Å². The second kappa shape index (κ2) is 7.34. The molecule has 2 nitrogen and oxygen atoms in total. The Kier molecular flexibility index (Phi) is 5.46. The number of hydrogen-bond acceptors (Lipinski definition) is 1. The number of nitrogens with one attached hydrogen (secondary N) is 1. The van der Waals surface area contributed by atoms with Crippen LogP contribution in [0.15, 0.2) is 30.5 Å². The first-order valence-electron chi connectivity index (χ1n) is 7.58. The molecule has 2 rings (SSSR count). The molecule has 0 bridgehead atoms. The Morgan fingerprint density at radius 3 is 2.79 bits per heavy atom. The predicted molar refractivity (Wildman–Crippen MR) is 83.7 cm³/mol. The molecule has 0 aliphatic carbocycles. The van der Waals surface area contributed by atoms with Crippen LogP contribution in [0, 0.1) is 6.92 Å². The van der Waals surface area contributed by atoms with Gasteiger partial charge in [-0.25, -0.2) is 0 Å². The van der Waals surface area contributed by atoms with Gasteiger partial charge in [0.25, 0.3) is 0 Å². The van der Waals surface area contributed by atoms with E-state index in [1.165, 1.54) is 42.1 Å². The molecule has 0 radical (unpaired) electrons. The Bertz CT molecular complexity index is 499. The molecule has 1 N–H and O–H groups in total. The smallest absolute Gasteiger partial charge is 0.0483 e. The lowest BCUT2D eigenvalue weighted by Crippen LogP contribution is -2.20. The first-order chi connectivity index (χ1) is 9.33. The summed E-state index contributed by atoms with van der Waals surface area (Å²) >= 11 is 0. The van der Waals surface area contributed by atoms with Crippen LogP contribution in [-0.4, -0.2) is 17.7 Å². The van der Waals surface area contributed by atoms with E-state index in [0.717, 1.165) is 19.6 Å². The molecule has 104 valence electrons. The lowest BCUT2D eigenvalue weighted by molar-refractivity contribution is 0.567. The van der Waals surface area contributed by atoms with Gasteiger partial charge in [-0.1, -0.05) is 38.3 Å². The van der Waals surface area contributed by atoms with Gasteiger partial charge < -0.3 is 9.88 Å². The van der Waals surface area contributed by atoms with E-state index in [1.807, 2.05) is 0 Å². The molecule has 0 aliphatic rings. The average Bonchev–Trinajstić information content (AvgIpc) is 2.83. The zero-order valence-corrected chi connectivity index (χ0v) is 12.3. The van der Waals surface area contributed by atoms with Gasteiger partial charge in [0.1, 0.15) is 0 Å². The molecule has 0 saturated carbocycles.